The van der Waals surface area contributed by atoms with Crippen molar-refractivity contribution >= 4 is 21.6 Å². The lowest BCUT2D eigenvalue weighted by atomic mass is 10.2. The van der Waals surface area contributed by atoms with Gasteiger partial charge in [0, 0.05) is 5.56 Å². The summed E-state index contributed by atoms with van der Waals surface area (Å²) in [6.45, 7) is 1.73. The number of anilines is 1. The molecule has 3 aromatic rings. The summed E-state index contributed by atoms with van der Waals surface area (Å²) >= 11 is 0. The Morgan fingerprint density at radius 2 is 1.84 bits per heavy atom. The van der Waals surface area contributed by atoms with Crippen molar-refractivity contribution in [3.05, 3.63) is 60.5 Å². The van der Waals surface area contributed by atoms with Crippen LogP contribution in [0.3, 0.4) is 0 Å². The SMILES string of the molecule is CC[C@@H](C(=O)NCc1nc(-c2ccc(OC)cc2)no1)N(c1ccccc1)S(C)(=O)=O. The Bertz CT molecular complexity index is 1110. The predicted molar refractivity (Wildman–Crippen MR) is 116 cm³/mol. The molecular formula is C21H24N4O5S. The second-order valence-corrected chi connectivity index (χ2v) is 8.64. The van der Waals surface area contributed by atoms with Crippen LogP contribution in [0.1, 0.15) is 19.2 Å². The van der Waals surface area contributed by atoms with Gasteiger partial charge in [-0.2, -0.15) is 4.98 Å². The number of amides is 1. The Balaban J connectivity index is 1.72. The molecule has 1 atom stereocenters. The average molecular weight is 445 g/mol. The van der Waals surface area contributed by atoms with E-state index in [1.165, 1.54) is 0 Å². The number of carbonyl (C=O) groups excluding carboxylic acids is 1. The van der Waals surface area contributed by atoms with Crippen LogP contribution in [0.2, 0.25) is 0 Å². The van der Waals surface area contributed by atoms with Gasteiger partial charge in [-0.15, -0.1) is 0 Å². The number of benzene rings is 2. The van der Waals surface area contributed by atoms with Crippen LogP contribution in [0.25, 0.3) is 11.4 Å². The van der Waals surface area contributed by atoms with Gasteiger partial charge in [-0.1, -0.05) is 30.3 Å². The van der Waals surface area contributed by atoms with E-state index in [9.17, 15) is 13.2 Å². The summed E-state index contributed by atoms with van der Waals surface area (Å²) in [4.78, 5) is 17.1. The number of hydrogen-bond donors (Lipinski definition) is 1. The second kappa shape index (κ2) is 9.61. The van der Waals surface area contributed by atoms with Crippen molar-refractivity contribution in [1.29, 1.82) is 0 Å². The van der Waals surface area contributed by atoms with Crippen LogP contribution in [0.15, 0.2) is 59.1 Å². The van der Waals surface area contributed by atoms with Crippen molar-refractivity contribution in [3.63, 3.8) is 0 Å². The minimum absolute atomic E-state index is 0.0229. The second-order valence-electron chi connectivity index (χ2n) is 6.78. The minimum Gasteiger partial charge on any atom is -0.497 e. The van der Waals surface area contributed by atoms with Crippen molar-refractivity contribution in [1.82, 2.24) is 15.5 Å². The first-order valence-corrected chi connectivity index (χ1v) is 11.5. The summed E-state index contributed by atoms with van der Waals surface area (Å²) in [5, 5.41) is 6.62. The van der Waals surface area contributed by atoms with Crippen LogP contribution in [-0.2, 0) is 21.4 Å². The third-order valence-corrected chi connectivity index (χ3v) is 5.75. The molecule has 0 saturated carbocycles. The zero-order chi connectivity index (χ0) is 22.4. The van der Waals surface area contributed by atoms with E-state index in [1.54, 1.807) is 68.6 Å². The van der Waals surface area contributed by atoms with Crippen molar-refractivity contribution in [2.45, 2.75) is 25.9 Å². The van der Waals surface area contributed by atoms with Crippen LogP contribution in [0, 0.1) is 0 Å². The molecule has 0 fully saturated rings. The Kier molecular flexibility index (Phi) is 6.91. The van der Waals surface area contributed by atoms with Crippen LogP contribution < -0.4 is 14.4 Å². The van der Waals surface area contributed by atoms with Gasteiger partial charge < -0.3 is 14.6 Å². The smallest absolute Gasteiger partial charge is 0.246 e. The highest BCUT2D eigenvalue weighted by molar-refractivity contribution is 7.92. The predicted octanol–water partition coefficient (Wildman–Crippen LogP) is 2.61. The van der Waals surface area contributed by atoms with Crippen LogP contribution >= 0.6 is 0 Å². The molecule has 0 aliphatic carbocycles. The van der Waals surface area contributed by atoms with Crippen LogP contribution in [-0.4, -0.2) is 43.9 Å². The number of para-hydroxylation sites is 1. The fraction of sp³-hybridized carbons (Fsp3) is 0.286. The highest BCUT2D eigenvalue weighted by atomic mass is 32.2. The number of methoxy groups -OCH3 is 1. The average Bonchev–Trinajstić information content (AvgIpc) is 3.24. The molecule has 0 spiro atoms. The zero-order valence-corrected chi connectivity index (χ0v) is 18.3. The van der Waals surface area contributed by atoms with Gasteiger partial charge in [-0.25, -0.2) is 8.42 Å². The molecule has 0 bridgehead atoms. The summed E-state index contributed by atoms with van der Waals surface area (Å²) in [6.07, 6.45) is 1.36. The Labute approximate surface area is 181 Å². The fourth-order valence-electron chi connectivity index (χ4n) is 3.10. The molecule has 1 aromatic heterocycles. The Hall–Kier alpha value is -3.40. The molecule has 1 amide bonds. The molecule has 1 N–H and O–H groups in total. The first kappa shape index (κ1) is 22.3. The third-order valence-electron chi connectivity index (χ3n) is 4.57. The number of nitrogens with one attached hydrogen (secondary N) is 1. The van der Waals surface area contributed by atoms with E-state index in [0.29, 0.717) is 17.3 Å². The fourth-order valence-corrected chi connectivity index (χ4v) is 4.31. The molecule has 0 aliphatic heterocycles. The normalized spacial score (nSPS) is 12.2. The van der Waals surface area contributed by atoms with E-state index in [2.05, 4.69) is 15.5 Å². The first-order valence-electron chi connectivity index (χ1n) is 9.62. The Morgan fingerprint density at radius 3 is 2.42 bits per heavy atom. The quantitative estimate of drug-likeness (QED) is 0.539. The number of sulfonamides is 1. The van der Waals surface area contributed by atoms with Crippen molar-refractivity contribution in [2.75, 3.05) is 17.7 Å². The summed E-state index contributed by atoms with van der Waals surface area (Å²) < 4.78 is 36.3. The van der Waals surface area contributed by atoms with E-state index in [4.69, 9.17) is 9.26 Å². The molecule has 0 aliphatic rings. The van der Waals surface area contributed by atoms with E-state index >= 15 is 0 Å². The number of nitrogens with zero attached hydrogens (tertiary/aromatic N) is 3. The van der Waals surface area contributed by atoms with Crippen molar-refractivity contribution in [3.8, 4) is 17.1 Å². The molecule has 0 radical (unpaired) electrons. The standard InChI is InChI=1S/C21H24N4O5S/c1-4-18(25(31(3,27)28)16-8-6-5-7-9-16)21(26)22-14-19-23-20(24-30-19)15-10-12-17(29-2)13-11-15/h5-13,18H,4,14H2,1-3H3,(H,22,26)/t18-/m0/s1. The number of rotatable bonds is 9. The molecular weight excluding hydrogens is 420 g/mol. The maximum Gasteiger partial charge on any atom is 0.246 e. The highest BCUT2D eigenvalue weighted by Crippen LogP contribution is 2.22. The van der Waals surface area contributed by atoms with E-state index in [1.807, 2.05) is 0 Å². The first-order chi connectivity index (χ1) is 14.8. The van der Waals surface area contributed by atoms with Gasteiger partial charge in [0.25, 0.3) is 0 Å². The number of aromatic nitrogens is 2. The maximum absolute atomic E-state index is 12.8. The number of hydrogen-bond acceptors (Lipinski definition) is 7. The van der Waals surface area contributed by atoms with Gasteiger partial charge in [0.1, 0.15) is 11.8 Å². The van der Waals surface area contributed by atoms with Crippen molar-refractivity contribution < 1.29 is 22.5 Å². The largest absolute Gasteiger partial charge is 0.497 e. The lowest BCUT2D eigenvalue weighted by Crippen LogP contribution is -2.49. The van der Waals surface area contributed by atoms with Crippen LogP contribution in [0.5, 0.6) is 5.75 Å². The molecule has 164 valence electrons. The Morgan fingerprint density at radius 1 is 1.16 bits per heavy atom. The molecule has 3 rings (SSSR count). The zero-order valence-electron chi connectivity index (χ0n) is 17.5. The van der Waals surface area contributed by atoms with E-state index in [0.717, 1.165) is 16.1 Å². The van der Waals surface area contributed by atoms with Gasteiger partial charge in [0.2, 0.25) is 27.6 Å². The monoisotopic (exact) mass is 444 g/mol. The summed E-state index contributed by atoms with van der Waals surface area (Å²) in [7, 11) is -2.10. The summed E-state index contributed by atoms with van der Waals surface area (Å²) in [5.41, 5.74) is 1.16. The van der Waals surface area contributed by atoms with Gasteiger partial charge >= 0.3 is 0 Å². The maximum atomic E-state index is 12.8. The minimum atomic E-state index is -3.68. The summed E-state index contributed by atoms with van der Waals surface area (Å²) in [5.74, 6) is 0.834. The van der Waals surface area contributed by atoms with Gasteiger partial charge in [-0.3, -0.25) is 9.10 Å². The van der Waals surface area contributed by atoms with Gasteiger partial charge in [0.15, 0.2) is 0 Å². The molecule has 2 aromatic carbocycles. The lowest BCUT2D eigenvalue weighted by molar-refractivity contribution is -0.122. The highest BCUT2D eigenvalue weighted by Gasteiger charge is 2.31. The lowest BCUT2D eigenvalue weighted by Gasteiger charge is -2.29. The topological polar surface area (TPSA) is 115 Å². The third kappa shape index (κ3) is 5.40. The molecule has 0 saturated heterocycles. The number of ether oxygens (including phenoxy) is 1. The summed E-state index contributed by atoms with van der Waals surface area (Å²) in [6, 6.07) is 14.7. The number of carbonyl (C=O) groups is 1. The molecule has 1 heterocycles. The van der Waals surface area contributed by atoms with E-state index in [-0.39, 0.29) is 18.9 Å². The van der Waals surface area contributed by atoms with Crippen LogP contribution in [0.4, 0.5) is 5.69 Å². The molecule has 0 unspecified atom stereocenters. The molecule has 9 nitrogen and oxygen atoms in total. The molecule has 31 heavy (non-hydrogen) atoms. The van der Waals surface area contributed by atoms with Gasteiger partial charge in [0.05, 0.1) is 25.6 Å². The molecule has 10 heteroatoms. The van der Waals surface area contributed by atoms with Gasteiger partial charge in [-0.05, 0) is 42.8 Å². The van der Waals surface area contributed by atoms with E-state index < -0.39 is 22.0 Å². The van der Waals surface area contributed by atoms with Crippen molar-refractivity contribution in [2.24, 2.45) is 0 Å².